The van der Waals surface area contributed by atoms with Crippen molar-refractivity contribution in [3.63, 3.8) is 0 Å². The fourth-order valence-electron chi connectivity index (χ4n) is 2.48. The van der Waals surface area contributed by atoms with Crippen LogP contribution in [0.4, 0.5) is 0 Å². The Morgan fingerprint density at radius 1 is 1.21 bits per heavy atom. The van der Waals surface area contributed by atoms with Gasteiger partial charge in [0.25, 0.3) is 0 Å². The maximum atomic E-state index is 11.4. The second-order valence-electron chi connectivity index (χ2n) is 7.12. The maximum Gasteiger partial charge on any atom is 0.492 e. The third kappa shape index (κ3) is 4.07. The molecule has 0 radical (unpaired) electrons. The molecule has 0 unspecified atom stereocenters. The van der Waals surface area contributed by atoms with E-state index in [0.29, 0.717) is 13.1 Å². The number of amides is 1. The molecule has 5 nitrogen and oxygen atoms in total. The van der Waals surface area contributed by atoms with Crippen LogP contribution < -0.4 is 11.1 Å². The first-order valence-corrected chi connectivity index (χ1v) is 8.25. The van der Waals surface area contributed by atoms with Crippen LogP contribution in [0, 0.1) is 0 Å². The molecule has 1 aliphatic rings. The summed E-state index contributed by atoms with van der Waals surface area (Å²) in [7, 11) is -0.507. The Balaban J connectivity index is 2.35. The smallest absolute Gasteiger partial charge is 0.400 e. The number of carbonyl (C=O) groups excluding carboxylic acids is 1. The number of benzene rings is 1. The van der Waals surface area contributed by atoms with Crippen molar-refractivity contribution in [2.45, 2.75) is 52.4 Å². The second kappa shape index (κ2) is 7.09. The zero-order valence-electron chi connectivity index (χ0n) is 15.2. The standard InChI is InChI=1S/C18H27BN2O3/c1-13(22)21-12-16(10-14-8-6-7-9-15(14)11-20)19-23-17(2,3)18(4,5)24-19/h6-10H,11-12,20H2,1-5H3,(H,21,22). The van der Waals surface area contributed by atoms with E-state index in [2.05, 4.69) is 5.32 Å². The van der Waals surface area contributed by atoms with Crippen LogP contribution in [0.5, 0.6) is 0 Å². The number of rotatable bonds is 5. The fraction of sp³-hybridized carbons (Fsp3) is 0.500. The van der Waals surface area contributed by atoms with Gasteiger partial charge in [0.05, 0.1) is 11.2 Å². The van der Waals surface area contributed by atoms with Gasteiger partial charge < -0.3 is 20.4 Å². The maximum absolute atomic E-state index is 11.4. The molecule has 1 fully saturated rings. The van der Waals surface area contributed by atoms with E-state index in [1.807, 2.05) is 58.0 Å². The fourth-order valence-corrected chi connectivity index (χ4v) is 2.48. The van der Waals surface area contributed by atoms with Crippen LogP contribution in [0.1, 0.15) is 45.7 Å². The predicted octanol–water partition coefficient (Wildman–Crippen LogP) is 2.30. The van der Waals surface area contributed by atoms with Gasteiger partial charge in [-0.05, 0) is 44.3 Å². The Hall–Kier alpha value is -1.63. The summed E-state index contributed by atoms with van der Waals surface area (Å²) in [4.78, 5) is 11.4. The van der Waals surface area contributed by atoms with Crippen LogP contribution in [0.2, 0.25) is 0 Å². The number of hydrogen-bond acceptors (Lipinski definition) is 4. The molecule has 0 saturated carbocycles. The van der Waals surface area contributed by atoms with E-state index in [1.165, 1.54) is 6.92 Å². The van der Waals surface area contributed by atoms with Crippen LogP contribution in [0.25, 0.3) is 6.08 Å². The molecule has 1 amide bonds. The van der Waals surface area contributed by atoms with E-state index in [1.54, 1.807) is 0 Å². The van der Waals surface area contributed by atoms with Crippen molar-refractivity contribution < 1.29 is 14.1 Å². The lowest BCUT2D eigenvalue weighted by atomic mass is 9.76. The molecule has 1 saturated heterocycles. The van der Waals surface area contributed by atoms with Crippen LogP contribution in [-0.4, -0.2) is 30.8 Å². The molecule has 1 aromatic carbocycles. The van der Waals surface area contributed by atoms with E-state index >= 15 is 0 Å². The van der Waals surface area contributed by atoms with Crippen LogP contribution in [0.15, 0.2) is 29.7 Å². The van der Waals surface area contributed by atoms with Gasteiger partial charge in [0, 0.05) is 20.0 Å². The minimum atomic E-state index is -0.507. The third-order valence-electron chi connectivity index (χ3n) is 4.71. The topological polar surface area (TPSA) is 73.6 Å². The van der Waals surface area contributed by atoms with E-state index < -0.39 is 18.3 Å². The summed E-state index contributed by atoms with van der Waals surface area (Å²) < 4.78 is 12.3. The summed E-state index contributed by atoms with van der Waals surface area (Å²) in [5.41, 5.74) is 7.88. The molecular formula is C18H27BN2O3. The molecule has 6 heteroatoms. The molecule has 130 valence electrons. The Kier molecular flexibility index (Phi) is 5.53. The van der Waals surface area contributed by atoms with Gasteiger partial charge in [-0.15, -0.1) is 0 Å². The van der Waals surface area contributed by atoms with Gasteiger partial charge in [0.15, 0.2) is 0 Å². The molecule has 3 N–H and O–H groups in total. The molecule has 0 atom stereocenters. The van der Waals surface area contributed by atoms with Crippen molar-refractivity contribution in [3.05, 3.63) is 40.9 Å². The first kappa shape index (κ1) is 18.7. The molecule has 0 aromatic heterocycles. The number of hydrogen-bond donors (Lipinski definition) is 2. The lowest BCUT2D eigenvalue weighted by Gasteiger charge is -2.32. The van der Waals surface area contributed by atoms with Gasteiger partial charge in [-0.2, -0.15) is 0 Å². The Morgan fingerprint density at radius 3 is 2.33 bits per heavy atom. The average molecular weight is 330 g/mol. The Labute approximate surface area is 144 Å². The van der Waals surface area contributed by atoms with E-state index in [0.717, 1.165) is 16.6 Å². The largest absolute Gasteiger partial charge is 0.492 e. The van der Waals surface area contributed by atoms with Gasteiger partial charge in [-0.3, -0.25) is 4.79 Å². The van der Waals surface area contributed by atoms with Crippen molar-refractivity contribution in [2.75, 3.05) is 6.54 Å². The van der Waals surface area contributed by atoms with Crippen LogP contribution >= 0.6 is 0 Å². The highest BCUT2D eigenvalue weighted by Crippen LogP contribution is 2.38. The molecule has 1 heterocycles. The molecule has 1 aromatic rings. The Bertz CT molecular complexity index is 625. The predicted molar refractivity (Wildman–Crippen MR) is 97.1 cm³/mol. The van der Waals surface area contributed by atoms with Gasteiger partial charge in [0.2, 0.25) is 5.91 Å². The van der Waals surface area contributed by atoms with Crippen molar-refractivity contribution in [2.24, 2.45) is 5.73 Å². The quantitative estimate of drug-likeness (QED) is 0.813. The molecule has 2 rings (SSSR count). The molecule has 0 spiro atoms. The van der Waals surface area contributed by atoms with E-state index in [9.17, 15) is 4.79 Å². The molecule has 0 aliphatic carbocycles. The second-order valence-corrected chi connectivity index (χ2v) is 7.12. The van der Waals surface area contributed by atoms with E-state index in [-0.39, 0.29) is 5.91 Å². The van der Waals surface area contributed by atoms with Crippen molar-refractivity contribution in [3.8, 4) is 0 Å². The lowest BCUT2D eigenvalue weighted by Crippen LogP contribution is -2.41. The van der Waals surface area contributed by atoms with Gasteiger partial charge in [-0.25, -0.2) is 0 Å². The summed E-state index contributed by atoms with van der Waals surface area (Å²) in [5, 5.41) is 2.84. The van der Waals surface area contributed by atoms with Crippen molar-refractivity contribution in [1.29, 1.82) is 0 Å². The number of nitrogens with two attached hydrogens (primary N) is 1. The lowest BCUT2D eigenvalue weighted by molar-refractivity contribution is -0.118. The summed E-state index contributed by atoms with van der Waals surface area (Å²) in [6.45, 7) is 10.4. The number of carbonyl (C=O) groups is 1. The summed E-state index contributed by atoms with van der Waals surface area (Å²) >= 11 is 0. The molecule has 24 heavy (non-hydrogen) atoms. The SMILES string of the molecule is CC(=O)NCC(=Cc1ccccc1CN)B1OC(C)(C)C(C)(C)O1. The first-order valence-electron chi connectivity index (χ1n) is 8.25. The summed E-state index contributed by atoms with van der Waals surface area (Å²) in [6, 6.07) is 7.92. The van der Waals surface area contributed by atoms with Crippen molar-refractivity contribution in [1.82, 2.24) is 5.32 Å². The minimum Gasteiger partial charge on any atom is -0.400 e. The minimum absolute atomic E-state index is 0.0930. The van der Waals surface area contributed by atoms with Crippen LogP contribution in [0.3, 0.4) is 0 Å². The third-order valence-corrected chi connectivity index (χ3v) is 4.71. The molecule has 0 bridgehead atoms. The highest BCUT2D eigenvalue weighted by atomic mass is 16.7. The normalized spacial score (nSPS) is 19.4. The highest BCUT2D eigenvalue weighted by Gasteiger charge is 2.52. The van der Waals surface area contributed by atoms with Crippen molar-refractivity contribution >= 4 is 19.1 Å². The van der Waals surface area contributed by atoms with Gasteiger partial charge in [-0.1, -0.05) is 30.3 Å². The highest BCUT2D eigenvalue weighted by molar-refractivity contribution is 6.56. The zero-order chi connectivity index (χ0) is 18.0. The number of nitrogens with one attached hydrogen (secondary N) is 1. The Morgan fingerprint density at radius 2 is 1.79 bits per heavy atom. The monoisotopic (exact) mass is 330 g/mol. The summed E-state index contributed by atoms with van der Waals surface area (Å²) in [6.07, 6.45) is 2.00. The summed E-state index contributed by atoms with van der Waals surface area (Å²) in [5.74, 6) is -0.0930. The average Bonchev–Trinajstić information content (AvgIpc) is 2.71. The molecule has 1 aliphatic heterocycles. The van der Waals surface area contributed by atoms with E-state index in [4.69, 9.17) is 15.0 Å². The van der Waals surface area contributed by atoms with Crippen LogP contribution in [-0.2, 0) is 20.6 Å². The zero-order valence-corrected chi connectivity index (χ0v) is 15.2. The first-order chi connectivity index (χ1) is 11.2. The van der Waals surface area contributed by atoms with Gasteiger partial charge >= 0.3 is 7.12 Å². The molecular weight excluding hydrogens is 303 g/mol. The van der Waals surface area contributed by atoms with Gasteiger partial charge in [0.1, 0.15) is 0 Å².